The van der Waals surface area contributed by atoms with Crippen LogP contribution in [-0.4, -0.2) is 52.6 Å². The Balaban J connectivity index is 1.64. The molecule has 0 bridgehead atoms. The number of nitrogens with zero attached hydrogens (tertiary/aromatic N) is 1. The van der Waals surface area contributed by atoms with Crippen molar-refractivity contribution >= 4 is 27.3 Å². The lowest BCUT2D eigenvalue weighted by Crippen LogP contribution is -2.49. The van der Waals surface area contributed by atoms with Crippen LogP contribution in [0.15, 0.2) is 70.9 Å². The van der Waals surface area contributed by atoms with Gasteiger partial charge < -0.3 is 9.22 Å². The summed E-state index contributed by atoms with van der Waals surface area (Å²) in [5.41, 5.74) is 3.07. The molecule has 3 aromatic rings. The molecule has 0 saturated carbocycles. The Morgan fingerprint density at radius 2 is 1.67 bits per heavy atom. The minimum Gasteiger partial charge on any atom is -0.461 e. The first-order valence-corrected chi connectivity index (χ1v) is 15.6. The highest BCUT2D eigenvalue weighted by molar-refractivity contribution is 7.91. The maximum absolute atomic E-state index is 13.2. The van der Waals surface area contributed by atoms with E-state index in [4.69, 9.17) is 4.74 Å². The van der Waals surface area contributed by atoms with E-state index < -0.39 is 22.0 Å². The van der Waals surface area contributed by atoms with Gasteiger partial charge in [0.2, 0.25) is 0 Å². The van der Waals surface area contributed by atoms with E-state index in [1.54, 1.807) is 12.1 Å². The molecule has 0 fully saturated rings. The van der Waals surface area contributed by atoms with Gasteiger partial charge in [0.05, 0.1) is 45.0 Å². The highest BCUT2D eigenvalue weighted by Gasteiger charge is 2.28. The fraction of sp³-hybridized carbons (Fsp3) is 0.387. The summed E-state index contributed by atoms with van der Waals surface area (Å²) in [6.07, 6.45) is 4.63. The minimum absolute atomic E-state index is 0.0614. The van der Waals surface area contributed by atoms with Gasteiger partial charge in [0.15, 0.2) is 0 Å². The molecule has 0 aliphatic heterocycles. The van der Waals surface area contributed by atoms with Crippen molar-refractivity contribution in [1.82, 2.24) is 4.72 Å². The number of thiophene rings is 1. The van der Waals surface area contributed by atoms with E-state index in [0.717, 1.165) is 28.9 Å². The third kappa shape index (κ3) is 11.0. The second-order valence-corrected chi connectivity index (χ2v) is 13.7. The molecule has 0 aliphatic rings. The molecule has 0 amide bonds. The number of rotatable bonds is 13. The van der Waals surface area contributed by atoms with E-state index in [2.05, 4.69) is 35.6 Å². The van der Waals surface area contributed by atoms with Gasteiger partial charge in [-0.2, -0.15) is 0 Å². The van der Waals surface area contributed by atoms with E-state index in [9.17, 15) is 13.2 Å². The van der Waals surface area contributed by atoms with Gasteiger partial charge in [-0.15, -0.1) is 11.3 Å². The third-order valence-corrected chi connectivity index (χ3v) is 8.96. The average molecular weight is 568 g/mol. The molecule has 0 radical (unpaired) electrons. The van der Waals surface area contributed by atoms with Gasteiger partial charge in [0, 0.05) is 5.56 Å². The number of benzene rings is 2. The first-order chi connectivity index (χ1) is 18.5. The fourth-order valence-electron chi connectivity index (χ4n) is 4.08. The van der Waals surface area contributed by atoms with Crippen LogP contribution in [0.1, 0.15) is 54.2 Å². The van der Waals surface area contributed by atoms with E-state index in [0.29, 0.717) is 15.9 Å². The summed E-state index contributed by atoms with van der Waals surface area (Å²) in [5, 5.41) is 0. The Morgan fingerprint density at radius 1 is 0.949 bits per heavy atom. The average Bonchev–Trinajstić information content (AvgIpc) is 3.37. The van der Waals surface area contributed by atoms with E-state index in [1.165, 1.54) is 24.8 Å². The normalized spacial score (nSPS) is 12.4. The van der Waals surface area contributed by atoms with Crippen LogP contribution in [0.25, 0.3) is 0 Å². The van der Waals surface area contributed by atoms with Crippen LogP contribution in [0.2, 0.25) is 0 Å². The van der Waals surface area contributed by atoms with Crippen LogP contribution in [0.3, 0.4) is 0 Å². The first-order valence-electron chi connectivity index (χ1n) is 13.3. The van der Waals surface area contributed by atoms with Crippen molar-refractivity contribution in [3.05, 3.63) is 88.3 Å². The zero-order valence-corrected chi connectivity index (χ0v) is 24.9. The quantitative estimate of drug-likeness (QED) is 0.131. The lowest BCUT2D eigenvalue weighted by atomic mass is 10.1. The van der Waals surface area contributed by atoms with Crippen LogP contribution in [-0.2, 0) is 32.6 Å². The maximum Gasteiger partial charge on any atom is 0.307 e. The molecule has 1 aromatic heterocycles. The Morgan fingerprint density at radius 3 is 2.33 bits per heavy atom. The summed E-state index contributed by atoms with van der Waals surface area (Å²) in [7, 11) is 2.01. The molecular formula is C31H39N2O4S2+. The van der Waals surface area contributed by atoms with Gasteiger partial charge >= 0.3 is 5.97 Å². The SMILES string of the molecule is CCCCCc1ccc(C#Cc2ccc(S(=O)(=O)NC(CC(=O)OCc3ccccc3)C[N+](C)(C)C)s2)cc1. The van der Waals surface area contributed by atoms with Gasteiger partial charge in [-0.3, -0.25) is 4.79 Å². The van der Waals surface area contributed by atoms with Crippen LogP contribution < -0.4 is 4.72 Å². The van der Waals surface area contributed by atoms with Crippen molar-refractivity contribution < 1.29 is 22.4 Å². The fourth-order valence-corrected chi connectivity index (χ4v) is 6.48. The molecule has 3 rings (SSSR count). The molecule has 6 nitrogen and oxygen atoms in total. The molecule has 0 spiro atoms. The number of esters is 1. The van der Waals surface area contributed by atoms with Crippen molar-refractivity contribution in [1.29, 1.82) is 0 Å². The van der Waals surface area contributed by atoms with Gasteiger partial charge in [-0.25, -0.2) is 13.1 Å². The Hall–Kier alpha value is -2.96. The minimum atomic E-state index is -3.84. The molecule has 1 unspecified atom stereocenters. The lowest BCUT2D eigenvalue weighted by Gasteiger charge is -2.29. The van der Waals surface area contributed by atoms with Crippen LogP contribution in [0.4, 0.5) is 0 Å². The third-order valence-electron chi connectivity index (χ3n) is 5.94. The second-order valence-electron chi connectivity index (χ2n) is 10.7. The largest absolute Gasteiger partial charge is 0.461 e. The molecular weight excluding hydrogens is 528 g/mol. The monoisotopic (exact) mass is 567 g/mol. The number of hydrogen-bond acceptors (Lipinski definition) is 5. The van der Waals surface area contributed by atoms with Gasteiger partial charge in [0.1, 0.15) is 10.8 Å². The Kier molecular flexibility index (Phi) is 11.3. The number of unbranched alkanes of at least 4 members (excludes halogenated alkanes) is 2. The molecule has 0 saturated heterocycles. The number of carbonyl (C=O) groups excluding carboxylic acids is 1. The molecule has 2 aromatic carbocycles. The molecule has 0 aliphatic carbocycles. The van der Waals surface area contributed by atoms with Crippen molar-refractivity contribution in [2.75, 3.05) is 27.7 Å². The highest BCUT2D eigenvalue weighted by Crippen LogP contribution is 2.22. The van der Waals surface area contributed by atoms with Gasteiger partial charge in [0.25, 0.3) is 10.0 Å². The summed E-state index contributed by atoms with van der Waals surface area (Å²) in [4.78, 5) is 13.2. The summed E-state index contributed by atoms with van der Waals surface area (Å²) in [5.74, 6) is 5.76. The molecule has 208 valence electrons. The van der Waals surface area contributed by atoms with Crippen molar-refractivity contribution in [2.24, 2.45) is 0 Å². The number of hydrogen-bond donors (Lipinski definition) is 1. The number of carbonyl (C=O) groups is 1. The highest BCUT2D eigenvalue weighted by atomic mass is 32.2. The molecule has 1 N–H and O–H groups in total. The number of ether oxygens (including phenoxy) is 1. The lowest BCUT2D eigenvalue weighted by molar-refractivity contribution is -0.871. The number of quaternary nitrogens is 1. The summed E-state index contributed by atoms with van der Waals surface area (Å²) in [6.45, 7) is 2.77. The predicted molar refractivity (Wildman–Crippen MR) is 158 cm³/mol. The first kappa shape index (κ1) is 30.6. The summed E-state index contributed by atoms with van der Waals surface area (Å²) >= 11 is 1.12. The number of nitrogens with one attached hydrogen (secondary N) is 1. The zero-order chi connectivity index (χ0) is 28.3. The van der Waals surface area contributed by atoms with E-state index in [-0.39, 0.29) is 17.2 Å². The van der Waals surface area contributed by atoms with E-state index in [1.807, 2.05) is 63.6 Å². The summed E-state index contributed by atoms with van der Waals surface area (Å²) < 4.78 is 35.2. The molecule has 1 atom stereocenters. The number of aryl methyl sites for hydroxylation is 1. The van der Waals surface area contributed by atoms with Crippen LogP contribution in [0.5, 0.6) is 0 Å². The number of likely N-dealkylation sites (N-methyl/N-ethyl adjacent to an activating group) is 1. The van der Waals surface area contributed by atoms with Crippen molar-refractivity contribution in [3.8, 4) is 11.8 Å². The predicted octanol–water partition coefficient (Wildman–Crippen LogP) is 5.37. The second kappa shape index (κ2) is 14.4. The van der Waals surface area contributed by atoms with Crippen molar-refractivity contribution in [3.63, 3.8) is 0 Å². The Bertz CT molecular complexity index is 1360. The van der Waals surface area contributed by atoms with Crippen LogP contribution in [0, 0.1) is 11.8 Å². The van der Waals surface area contributed by atoms with Crippen molar-refractivity contribution in [2.45, 2.75) is 55.9 Å². The van der Waals surface area contributed by atoms with Gasteiger partial charge in [-0.1, -0.05) is 74.1 Å². The standard InChI is InChI=1S/C31H39N2O4S2/c1-5-6-8-11-25-14-16-26(17-15-25)18-19-29-20-21-31(38-29)39(35,36)32-28(23-33(2,3)4)22-30(34)37-24-27-12-9-7-10-13-27/h7,9-10,12-17,20-21,28,32H,5-6,8,11,22-24H2,1-4H3/q+1. The zero-order valence-electron chi connectivity index (χ0n) is 23.3. The number of sulfonamides is 1. The topological polar surface area (TPSA) is 72.5 Å². The van der Waals surface area contributed by atoms with Gasteiger partial charge in [-0.05, 0) is 48.2 Å². The molecule has 8 heteroatoms. The maximum atomic E-state index is 13.2. The molecule has 1 heterocycles. The molecule has 39 heavy (non-hydrogen) atoms. The van der Waals surface area contributed by atoms with Crippen LogP contribution >= 0.6 is 11.3 Å². The van der Waals surface area contributed by atoms with E-state index >= 15 is 0 Å². The summed E-state index contributed by atoms with van der Waals surface area (Å²) in [6, 6.07) is 20.3. The Labute approximate surface area is 237 Å². The smallest absolute Gasteiger partial charge is 0.307 e.